The van der Waals surface area contributed by atoms with E-state index in [1.54, 1.807) is 0 Å². The van der Waals surface area contributed by atoms with E-state index in [9.17, 15) is 5.11 Å². The third-order valence-corrected chi connectivity index (χ3v) is 0.440. The Morgan fingerprint density at radius 1 is 1.57 bits per heavy atom. The average molecular weight is 100 g/mol. The van der Waals surface area contributed by atoms with Gasteiger partial charge in [-0.3, -0.25) is 5.11 Å². The molecule has 0 spiro atoms. The van der Waals surface area contributed by atoms with Crippen LogP contribution < -0.4 is 0 Å². The number of hydrogen-bond donors (Lipinski definition) is 0. The fraction of sp³-hybridized carbons (Fsp3) is 0.800. The molecule has 0 bridgehead atoms. The molecule has 0 aromatic heterocycles. The fourth-order valence-electron chi connectivity index (χ4n) is 0.364. The Balaban J connectivity index is 3.45. The summed E-state index contributed by atoms with van der Waals surface area (Å²) in [4.78, 5) is 3.64. The van der Waals surface area contributed by atoms with Crippen LogP contribution in [0.4, 0.5) is 0 Å². The third-order valence-electron chi connectivity index (χ3n) is 0.440. The lowest BCUT2D eigenvalue weighted by Crippen LogP contribution is -1.93. The van der Waals surface area contributed by atoms with Crippen LogP contribution in [0.25, 0.3) is 0 Å². The molecule has 0 amide bonds. The van der Waals surface area contributed by atoms with Crippen molar-refractivity contribution in [2.24, 2.45) is 4.99 Å². The van der Waals surface area contributed by atoms with Crippen molar-refractivity contribution in [3.8, 4) is 0 Å². The van der Waals surface area contributed by atoms with Crippen LogP contribution in [0.15, 0.2) is 4.99 Å². The van der Waals surface area contributed by atoms with Gasteiger partial charge in [-0.25, -0.2) is 4.99 Å². The van der Waals surface area contributed by atoms with Crippen molar-refractivity contribution in [3.05, 3.63) is 0 Å². The van der Waals surface area contributed by atoms with E-state index in [2.05, 4.69) is 4.99 Å². The SMILES string of the molecule is CC([O])=NC(C)C. The van der Waals surface area contributed by atoms with E-state index in [4.69, 9.17) is 0 Å². The van der Waals surface area contributed by atoms with E-state index in [1.165, 1.54) is 6.92 Å². The Labute approximate surface area is 43.9 Å². The lowest BCUT2D eigenvalue weighted by Gasteiger charge is -1.90. The first-order valence-electron chi connectivity index (χ1n) is 2.34. The van der Waals surface area contributed by atoms with Crippen molar-refractivity contribution in [2.45, 2.75) is 26.8 Å². The molecule has 0 saturated carbocycles. The van der Waals surface area contributed by atoms with Gasteiger partial charge in [-0.05, 0) is 13.8 Å². The molecule has 41 valence electrons. The highest BCUT2D eigenvalue weighted by Gasteiger charge is 1.87. The summed E-state index contributed by atoms with van der Waals surface area (Å²) < 4.78 is 0. The van der Waals surface area contributed by atoms with Crippen molar-refractivity contribution in [1.29, 1.82) is 0 Å². The maximum absolute atomic E-state index is 10.1. The van der Waals surface area contributed by atoms with Gasteiger partial charge in [0.25, 0.3) is 0 Å². The van der Waals surface area contributed by atoms with Gasteiger partial charge < -0.3 is 0 Å². The van der Waals surface area contributed by atoms with Gasteiger partial charge in [0.2, 0.25) is 5.90 Å². The first-order chi connectivity index (χ1) is 3.13. The molecule has 0 unspecified atom stereocenters. The van der Waals surface area contributed by atoms with Gasteiger partial charge in [-0.1, -0.05) is 0 Å². The predicted octanol–water partition coefficient (Wildman–Crippen LogP) is 1.24. The predicted molar refractivity (Wildman–Crippen MR) is 28.9 cm³/mol. The van der Waals surface area contributed by atoms with Crippen LogP contribution in [0.2, 0.25) is 0 Å². The van der Waals surface area contributed by atoms with Crippen LogP contribution in [0.3, 0.4) is 0 Å². The molecule has 0 N–H and O–H groups in total. The maximum atomic E-state index is 10.1. The van der Waals surface area contributed by atoms with Gasteiger partial charge in [0.15, 0.2) is 0 Å². The third kappa shape index (κ3) is 5.47. The van der Waals surface area contributed by atoms with E-state index in [0.717, 1.165) is 0 Å². The van der Waals surface area contributed by atoms with Crippen molar-refractivity contribution in [2.75, 3.05) is 0 Å². The molecular weight excluding hydrogens is 90.1 g/mol. The first-order valence-corrected chi connectivity index (χ1v) is 2.34. The molecule has 0 heterocycles. The minimum atomic E-state index is -0.0880. The molecule has 2 nitrogen and oxygen atoms in total. The standard InChI is InChI=1S/C5H10NO/c1-4(2)6-5(3)7/h4H,1-3H3. The Bertz CT molecular complexity index is 72.1. The molecule has 0 fully saturated rings. The Hall–Kier alpha value is -0.530. The second-order valence-corrected chi connectivity index (χ2v) is 1.74. The quantitative estimate of drug-likeness (QED) is 0.351. The number of rotatable bonds is 1. The molecule has 7 heavy (non-hydrogen) atoms. The second-order valence-electron chi connectivity index (χ2n) is 1.74. The zero-order chi connectivity index (χ0) is 5.86. The maximum Gasteiger partial charge on any atom is 0.238 e. The summed E-state index contributed by atoms with van der Waals surface area (Å²) in [5.41, 5.74) is 0. The highest BCUT2D eigenvalue weighted by Crippen LogP contribution is 1.84. The molecule has 0 aliphatic heterocycles. The minimum Gasteiger partial charge on any atom is -0.273 e. The summed E-state index contributed by atoms with van der Waals surface area (Å²) in [5, 5.41) is 10.1. The van der Waals surface area contributed by atoms with Crippen LogP contribution in [0, 0.1) is 0 Å². The van der Waals surface area contributed by atoms with Crippen LogP contribution in [-0.4, -0.2) is 11.9 Å². The van der Waals surface area contributed by atoms with Crippen LogP contribution in [-0.2, 0) is 5.11 Å². The Kier molecular flexibility index (Phi) is 2.41. The lowest BCUT2D eigenvalue weighted by molar-refractivity contribution is 0.418. The monoisotopic (exact) mass is 100 g/mol. The van der Waals surface area contributed by atoms with Gasteiger partial charge in [-0.15, -0.1) is 0 Å². The molecule has 0 aromatic carbocycles. The molecule has 1 radical (unpaired) electrons. The van der Waals surface area contributed by atoms with Gasteiger partial charge >= 0.3 is 0 Å². The first kappa shape index (κ1) is 6.47. The molecule has 2 heteroatoms. The largest absolute Gasteiger partial charge is 0.273 e. The smallest absolute Gasteiger partial charge is 0.238 e. The second kappa shape index (κ2) is 2.61. The molecule has 0 rings (SSSR count). The summed E-state index contributed by atoms with van der Waals surface area (Å²) in [7, 11) is 0. The van der Waals surface area contributed by atoms with E-state index >= 15 is 0 Å². The van der Waals surface area contributed by atoms with Crippen molar-refractivity contribution >= 4 is 5.90 Å². The highest BCUT2D eigenvalue weighted by atomic mass is 16.3. The summed E-state index contributed by atoms with van der Waals surface area (Å²) in [5.74, 6) is -0.0880. The minimum absolute atomic E-state index is 0.0880. The van der Waals surface area contributed by atoms with Gasteiger partial charge in [-0.2, -0.15) is 0 Å². The zero-order valence-corrected chi connectivity index (χ0v) is 4.93. The Morgan fingerprint density at radius 2 is 2.00 bits per heavy atom. The van der Waals surface area contributed by atoms with Gasteiger partial charge in [0, 0.05) is 13.0 Å². The van der Waals surface area contributed by atoms with Gasteiger partial charge in [0.05, 0.1) is 0 Å². The van der Waals surface area contributed by atoms with Crippen LogP contribution in [0.5, 0.6) is 0 Å². The summed E-state index contributed by atoms with van der Waals surface area (Å²) in [6, 6.07) is 0.150. The molecular formula is C5H10NO. The summed E-state index contributed by atoms with van der Waals surface area (Å²) in [6.45, 7) is 5.21. The fourth-order valence-corrected chi connectivity index (χ4v) is 0.364. The van der Waals surface area contributed by atoms with Crippen molar-refractivity contribution in [1.82, 2.24) is 0 Å². The van der Waals surface area contributed by atoms with E-state index in [1.807, 2.05) is 13.8 Å². The van der Waals surface area contributed by atoms with Crippen LogP contribution >= 0.6 is 0 Å². The molecule has 0 atom stereocenters. The number of hydrogen-bond acceptors (Lipinski definition) is 1. The topological polar surface area (TPSA) is 32.3 Å². The van der Waals surface area contributed by atoms with Gasteiger partial charge in [0.1, 0.15) is 0 Å². The van der Waals surface area contributed by atoms with E-state index in [-0.39, 0.29) is 11.9 Å². The van der Waals surface area contributed by atoms with Crippen LogP contribution in [0.1, 0.15) is 20.8 Å². The number of nitrogens with zero attached hydrogens (tertiary/aromatic N) is 1. The summed E-state index contributed by atoms with van der Waals surface area (Å²) >= 11 is 0. The summed E-state index contributed by atoms with van der Waals surface area (Å²) in [6.07, 6.45) is 0. The van der Waals surface area contributed by atoms with E-state index in [0.29, 0.717) is 0 Å². The highest BCUT2D eigenvalue weighted by molar-refractivity contribution is 5.70. The lowest BCUT2D eigenvalue weighted by atomic mass is 10.4. The normalized spacial score (nSPS) is 12.9. The zero-order valence-electron chi connectivity index (χ0n) is 4.93. The number of aliphatic imine (C=N–C) groups is 1. The molecule has 0 aliphatic rings. The Morgan fingerprint density at radius 3 is 2.00 bits per heavy atom. The average Bonchev–Trinajstić information content (AvgIpc) is 1.27. The van der Waals surface area contributed by atoms with Crippen molar-refractivity contribution < 1.29 is 5.11 Å². The molecule has 0 saturated heterocycles. The molecule has 0 aliphatic carbocycles. The van der Waals surface area contributed by atoms with Crippen molar-refractivity contribution in [3.63, 3.8) is 0 Å². The molecule has 0 aromatic rings. The van der Waals surface area contributed by atoms with E-state index < -0.39 is 0 Å².